The Kier molecular flexibility index (Phi) is 5.15. The summed E-state index contributed by atoms with van der Waals surface area (Å²) in [7, 11) is 0. The summed E-state index contributed by atoms with van der Waals surface area (Å²) in [5.74, 6) is 0.806. The van der Waals surface area contributed by atoms with E-state index in [1.54, 1.807) is 18.3 Å². The Labute approximate surface area is 150 Å². The van der Waals surface area contributed by atoms with Crippen LogP contribution in [0.15, 0.2) is 42.7 Å². The van der Waals surface area contributed by atoms with E-state index >= 15 is 0 Å². The van der Waals surface area contributed by atoms with Gasteiger partial charge in [0, 0.05) is 38.2 Å². The first kappa shape index (κ1) is 17.1. The molecule has 1 heterocycles. The monoisotopic (exact) mass is 479 g/mol. The summed E-state index contributed by atoms with van der Waals surface area (Å²) in [6.07, 6.45) is 3.74. The molecule has 3 nitrogen and oxygen atoms in total. The Morgan fingerprint density at radius 3 is 2.48 bits per heavy atom. The first-order valence-electron chi connectivity index (χ1n) is 7.11. The largest absolute Gasteiger partial charge is 0.340 e. The second-order valence-electron chi connectivity index (χ2n) is 5.44. The third-order valence-corrected chi connectivity index (χ3v) is 3.67. The third-order valence-electron chi connectivity index (χ3n) is 3.67. The van der Waals surface area contributed by atoms with Crippen molar-refractivity contribution in [3.8, 4) is 17.1 Å². The number of hydrogen-bond donors (Lipinski definition) is 0. The normalized spacial score (nSPS) is 10.0. The molecule has 0 aliphatic rings. The number of benzene rings is 2. The summed E-state index contributed by atoms with van der Waals surface area (Å²) in [5, 5.41) is 0. The average molecular weight is 479 g/mol. The van der Waals surface area contributed by atoms with Crippen LogP contribution in [0, 0.1) is 33.4 Å². The van der Waals surface area contributed by atoms with Crippen LogP contribution in [0.4, 0.5) is 5.69 Å². The molecule has 1 aromatic heterocycles. The van der Waals surface area contributed by atoms with Crippen LogP contribution in [-0.2, 0) is 20.1 Å². The van der Waals surface area contributed by atoms with Gasteiger partial charge in [-0.15, -0.1) is 23.8 Å². The Bertz CT molecular complexity index is 865. The zero-order valence-corrected chi connectivity index (χ0v) is 15.6. The van der Waals surface area contributed by atoms with Gasteiger partial charge in [0.25, 0.3) is 0 Å². The molecule has 0 amide bonds. The van der Waals surface area contributed by atoms with Gasteiger partial charge in [-0.25, -0.2) is 0 Å². The summed E-state index contributed by atoms with van der Waals surface area (Å²) in [5.41, 5.74) is 6.23. The SMILES string of the molecule is [C-]#[N+]c1cc[c-]c(-c2nccn2-c2c(C)cc(C)cc2C)c1.[Ir]. The minimum absolute atomic E-state index is 0. The van der Waals surface area contributed by atoms with Crippen molar-refractivity contribution in [2.45, 2.75) is 20.8 Å². The number of aromatic nitrogens is 2. The van der Waals surface area contributed by atoms with Crippen molar-refractivity contribution in [1.29, 1.82) is 0 Å². The molecule has 0 aliphatic carbocycles. The van der Waals surface area contributed by atoms with Gasteiger partial charge in [0.2, 0.25) is 0 Å². The molecule has 3 aromatic rings. The van der Waals surface area contributed by atoms with E-state index < -0.39 is 0 Å². The van der Waals surface area contributed by atoms with Crippen molar-refractivity contribution < 1.29 is 20.1 Å². The van der Waals surface area contributed by atoms with Gasteiger partial charge in [0.15, 0.2) is 0 Å². The summed E-state index contributed by atoms with van der Waals surface area (Å²) < 4.78 is 2.07. The van der Waals surface area contributed by atoms with Gasteiger partial charge in [-0.2, -0.15) is 6.07 Å². The van der Waals surface area contributed by atoms with Gasteiger partial charge in [-0.05, 0) is 31.9 Å². The van der Waals surface area contributed by atoms with E-state index in [9.17, 15) is 0 Å². The van der Waals surface area contributed by atoms with Gasteiger partial charge in [0.1, 0.15) is 5.69 Å². The molecule has 0 unspecified atom stereocenters. The van der Waals surface area contributed by atoms with Crippen LogP contribution >= 0.6 is 0 Å². The maximum atomic E-state index is 7.16. The van der Waals surface area contributed by atoms with Crippen LogP contribution in [0.2, 0.25) is 0 Å². The molecule has 0 aliphatic heterocycles. The molecule has 23 heavy (non-hydrogen) atoms. The standard InChI is InChI=1S/C19H16N3.Ir/c1-13-10-14(2)18(15(3)11-13)22-9-8-21-19(22)16-6-5-7-17(12-16)20-4;/h5,7-12H,1-3H3;/q-1;. The van der Waals surface area contributed by atoms with E-state index in [-0.39, 0.29) is 20.1 Å². The van der Waals surface area contributed by atoms with Crippen molar-refractivity contribution >= 4 is 5.69 Å². The van der Waals surface area contributed by atoms with Crippen LogP contribution in [0.5, 0.6) is 0 Å². The Morgan fingerprint density at radius 1 is 1.13 bits per heavy atom. The van der Waals surface area contributed by atoms with Gasteiger partial charge in [-0.1, -0.05) is 17.7 Å². The van der Waals surface area contributed by atoms with Crippen molar-refractivity contribution in [3.05, 3.63) is 76.9 Å². The molecule has 0 bridgehead atoms. The zero-order valence-electron chi connectivity index (χ0n) is 13.2. The minimum atomic E-state index is 0. The molecule has 0 spiro atoms. The molecule has 3 rings (SSSR count). The predicted octanol–water partition coefficient (Wildman–Crippen LogP) is 4.81. The number of rotatable bonds is 2. The Balaban J connectivity index is 0.00000192. The molecule has 0 atom stereocenters. The molecular formula is C19H16IrN3-. The van der Waals surface area contributed by atoms with Crippen molar-refractivity contribution in [1.82, 2.24) is 9.55 Å². The number of aryl methyl sites for hydroxylation is 3. The molecule has 4 heteroatoms. The van der Waals surface area contributed by atoms with Gasteiger partial charge < -0.3 is 4.57 Å². The maximum absolute atomic E-state index is 7.16. The summed E-state index contributed by atoms with van der Waals surface area (Å²) in [6, 6.07) is 12.9. The van der Waals surface area contributed by atoms with Crippen LogP contribution < -0.4 is 0 Å². The van der Waals surface area contributed by atoms with Gasteiger partial charge >= 0.3 is 0 Å². The Hall–Kier alpha value is -2.21. The summed E-state index contributed by atoms with van der Waals surface area (Å²) in [4.78, 5) is 7.95. The van der Waals surface area contributed by atoms with Crippen LogP contribution in [0.25, 0.3) is 21.9 Å². The average Bonchev–Trinajstić information content (AvgIpc) is 2.95. The molecule has 0 N–H and O–H groups in total. The summed E-state index contributed by atoms with van der Waals surface area (Å²) >= 11 is 0. The quantitative estimate of drug-likeness (QED) is 0.485. The molecule has 0 saturated carbocycles. The molecule has 0 fully saturated rings. The molecular weight excluding hydrogens is 462 g/mol. The number of hydrogen-bond acceptors (Lipinski definition) is 1. The number of imidazole rings is 1. The van der Waals surface area contributed by atoms with Crippen LogP contribution in [-0.4, -0.2) is 9.55 Å². The van der Waals surface area contributed by atoms with Gasteiger partial charge in [-0.3, -0.25) is 9.83 Å². The third kappa shape index (κ3) is 3.27. The van der Waals surface area contributed by atoms with Crippen molar-refractivity contribution in [3.63, 3.8) is 0 Å². The van der Waals surface area contributed by atoms with E-state index in [0.717, 1.165) is 17.1 Å². The van der Waals surface area contributed by atoms with Crippen molar-refractivity contribution in [2.24, 2.45) is 0 Å². The first-order valence-corrected chi connectivity index (χ1v) is 7.11. The summed E-state index contributed by atoms with van der Waals surface area (Å²) in [6.45, 7) is 13.5. The van der Waals surface area contributed by atoms with E-state index in [0.29, 0.717) is 5.69 Å². The fraction of sp³-hybridized carbons (Fsp3) is 0.158. The smallest absolute Gasteiger partial charge is 0.109 e. The fourth-order valence-electron chi connectivity index (χ4n) is 2.89. The molecule has 2 aromatic carbocycles. The second-order valence-corrected chi connectivity index (χ2v) is 5.44. The van der Waals surface area contributed by atoms with Crippen LogP contribution in [0.3, 0.4) is 0 Å². The Morgan fingerprint density at radius 2 is 1.83 bits per heavy atom. The predicted molar refractivity (Wildman–Crippen MR) is 88.3 cm³/mol. The maximum Gasteiger partial charge on any atom is 0.109 e. The topological polar surface area (TPSA) is 22.2 Å². The first-order chi connectivity index (χ1) is 10.6. The number of nitrogens with zero attached hydrogens (tertiary/aromatic N) is 3. The second kappa shape index (κ2) is 6.91. The van der Waals surface area contributed by atoms with Gasteiger partial charge in [0.05, 0.1) is 12.4 Å². The van der Waals surface area contributed by atoms with E-state index in [1.807, 2.05) is 12.3 Å². The molecule has 117 valence electrons. The van der Waals surface area contributed by atoms with E-state index in [2.05, 4.69) is 53.4 Å². The molecule has 0 saturated heterocycles. The fourth-order valence-corrected chi connectivity index (χ4v) is 2.89. The van der Waals surface area contributed by atoms with Crippen molar-refractivity contribution in [2.75, 3.05) is 0 Å². The minimum Gasteiger partial charge on any atom is -0.340 e. The van der Waals surface area contributed by atoms with Crippen LogP contribution in [0.1, 0.15) is 16.7 Å². The molecule has 1 radical (unpaired) electrons. The zero-order chi connectivity index (χ0) is 15.7. The van der Waals surface area contributed by atoms with E-state index in [1.165, 1.54) is 16.7 Å². The van der Waals surface area contributed by atoms with E-state index in [4.69, 9.17) is 6.57 Å².